The zero-order valence-corrected chi connectivity index (χ0v) is 9.67. The molecule has 0 unspecified atom stereocenters. The Balaban J connectivity index is 2.92. The van der Waals surface area contributed by atoms with Gasteiger partial charge in [-0.2, -0.15) is 10.5 Å². The van der Waals surface area contributed by atoms with Crippen LogP contribution >= 0.6 is 15.9 Å². The molecule has 15 heavy (non-hydrogen) atoms. The maximum absolute atomic E-state index is 8.54. The predicted molar refractivity (Wildman–Crippen MR) is 61.8 cm³/mol. The van der Waals surface area contributed by atoms with Gasteiger partial charge in [-0.25, -0.2) is 0 Å². The Morgan fingerprint density at radius 2 is 2.07 bits per heavy atom. The predicted octanol–water partition coefficient (Wildman–Crippen LogP) is 3.10. The molecular weight excluding hydrogens is 254 g/mol. The lowest BCUT2D eigenvalue weighted by molar-refractivity contribution is 1.40. The number of nitrogens with one attached hydrogen (secondary N) is 1. The Labute approximate surface area is 96.8 Å². The van der Waals surface area contributed by atoms with E-state index < -0.39 is 0 Å². The first kappa shape index (κ1) is 11.3. The van der Waals surface area contributed by atoms with Gasteiger partial charge < -0.3 is 5.32 Å². The van der Waals surface area contributed by atoms with E-state index in [2.05, 4.69) is 21.2 Å². The lowest BCUT2D eigenvalue weighted by atomic mass is 10.2. The van der Waals surface area contributed by atoms with Crippen LogP contribution in [0.3, 0.4) is 0 Å². The number of hydrogen-bond acceptors (Lipinski definition) is 3. The van der Waals surface area contributed by atoms with E-state index >= 15 is 0 Å². The molecule has 0 atom stereocenters. The van der Waals surface area contributed by atoms with Gasteiger partial charge in [0.15, 0.2) is 0 Å². The van der Waals surface area contributed by atoms with Crippen molar-refractivity contribution in [3.63, 3.8) is 0 Å². The Bertz CT molecular complexity index is 462. The highest BCUT2D eigenvalue weighted by atomic mass is 79.9. The molecule has 0 saturated carbocycles. The van der Waals surface area contributed by atoms with Crippen LogP contribution < -0.4 is 5.32 Å². The molecule has 0 fully saturated rings. The summed E-state index contributed by atoms with van der Waals surface area (Å²) in [6.07, 6.45) is 1.40. The fourth-order valence-corrected chi connectivity index (χ4v) is 1.35. The number of halogens is 1. The van der Waals surface area contributed by atoms with Gasteiger partial charge in [0.1, 0.15) is 17.7 Å². The molecule has 0 aliphatic carbocycles. The molecule has 0 amide bonds. The van der Waals surface area contributed by atoms with E-state index in [1.807, 2.05) is 25.1 Å². The van der Waals surface area contributed by atoms with Crippen LogP contribution in [-0.2, 0) is 0 Å². The second-order valence-electron chi connectivity index (χ2n) is 2.89. The summed E-state index contributed by atoms with van der Waals surface area (Å²) in [6.45, 7) is 1.95. The van der Waals surface area contributed by atoms with Crippen LogP contribution in [0.4, 0.5) is 5.69 Å². The first-order chi connectivity index (χ1) is 7.17. The summed E-state index contributed by atoms with van der Waals surface area (Å²) in [5.74, 6) is 0. The van der Waals surface area contributed by atoms with Crippen molar-refractivity contribution in [1.82, 2.24) is 0 Å². The molecule has 0 saturated heterocycles. The molecule has 0 aliphatic heterocycles. The number of rotatable bonds is 2. The molecule has 0 radical (unpaired) electrons. The molecule has 1 rings (SSSR count). The minimum absolute atomic E-state index is 0.0503. The van der Waals surface area contributed by atoms with Gasteiger partial charge in [-0.3, -0.25) is 0 Å². The lowest BCUT2D eigenvalue weighted by Crippen LogP contribution is -1.92. The lowest BCUT2D eigenvalue weighted by Gasteiger charge is -2.05. The van der Waals surface area contributed by atoms with Crippen LogP contribution in [0, 0.1) is 29.6 Å². The quantitative estimate of drug-likeness (QED) is 0.833. The van der Waals surface area contributed by atoms with E-state index in [0.29, 0.717) is 0 Å². The summed E-state index contributed by atoms with van der Waals surface area (Å²) < 4.78 is 0.944. The average Bonchev–Trinajstić information content (AvgIpc) is 2.24. The van der Waals surface area contributed by atoms with Gasteiger partial charge in [-0.15, -0.1) is 0 Å². The standard InChI is InChI=1S/C11H8BrN3/c1-8-2-3-10(12)4-11(8)15-7-9(5-13)6-14/h2-4,7,15H,1H3. The third kappa shape index (κ3) is 3.12. The Kier molecular flexibility index (Phi) is 3.91. The van der Waals surface area contributed by atoms with Crippen molar-refractivity contribution in [2.45, 2.75) is 6.92 Å². The number of nitrogens with zero attached hydrogens (tertiary/aromatic N) is 2. The minimum Gasteiger partial charge on any atom is -0.360 e. The van der Waals surface area contributed by atoms with Crippen molar-refractivity contribution in [1.29, 1.82) is 10.5 Å². The molecule has 74 valence electrons. The van der Waals surface area contributed by atoms with Gasteiger partial charge in [0.25, 0.3) is 0 Å². The fourth-order valence-electron chi connectivity index (χ4n) is 0.989. The van der Waals surface area contributed by atoms with Crippen LogP contribution in [0.15, 0.2) is 34.4 Å². The zero-order chi connectivity index (χ0) is 11.3. The van der Waals surface area contributed by atoms with Gasteiger partial charge in [-0.1, -0.05) is 22.0 Å². The number of allylic oxidation sites excluding steroid dienone is 1. The fraction of sp³-hybridized carbons (Fsp3) is 0.0909. The van der Waals surface area contributed by atoms with E-state index in [0.717, 1.165) is 15.7 Å². The minimum atomic E-state index is 0.0503. The van der Waals surface area contributed by atoms with Gasteiger partial charge in [0.05, 0.1) is 0 Å². The van der Waals surface area contributed by atoms with E-state index in [4.69, 9.17) is 10.5 Å². The zero-order valence-electron chi connectivity index (χ0n) is 8.08. The molecule has 4 heteroatoms. The smallest absolute Gasteiger partial charge is 0.145 e. The van der Waals surface area contributed by atoms with Crippen molar-refractivity contribution in [2.75, 3.05) is 5.32 Å². The summed E-state index contributed by atoms with van der Waals surface area (Å²) in [4.78, 5) is 0. The van der Waals surface area contributed by atoms with Gasteiger partial charge in [-0.05, 0) is 24.6 Å². The molecule has 0 heterocycles. The van der Waals surface area contributed by atoms with Crippen LogP contribution in [-0.4, -0.2) is 0 Å². The van der Waals surface area contributed by atoms with Crippen molar-refractivity contribution < 1.29 is 0 Å². The second-order valence-corrected chi connectivity index (χ2v) is 3.80. The highest BCUT2D eigenvalue weighted by molar-refractivity contribution is 9.10. The van der Waals surface area contributed by atoms with Crippen molar-refractivity contribution in [3.8, 4) is 12.1 Å². The molecule has 0 aliphatic rings. The number of anilines is 1. The molecule has 0 spiro atoms. The summed E-state index contributed by atoms with van der Waals surface area (Å²) in [6, 6.07) is 9.32. The molecule has 1 aromatic carbocycles. The second kappa shape index (κ2) is 5.19. The SMILES string of the molecule is Cc1ccc(Br)cc1NC=C(C#N)C#N. The third-order valence-corrected chi connectivity index (χ3v) is 2.31. The van der Waals surface area contributed by atoms with E-state index in [1.165, 1.54) is 6.20 Å². The topological polar surface area (TPSA) is 59.6 Å². The maximum Gasteiger partial charge on any atom is 0.145 e. The highest BCUT2D eigenvalue weighted by Crippen LogP contribution is 2.20. The molecule has 1 aromatic rings. The number of nitriles is 2. The summed E-state index contributed by atoms with van der Waals surface area (Å²) in [7, 11) is 0. The summed E-state index contributed by atoms with van der Waals surface area (Å²) in [5.41, 5.74) is 1.96. The van der Waals surface area contributed by atoms with Crippen LogP contribution in [0.2, 0.25) is 0 Å². The van der Waals surface area contributed by atoms with Gasteiger partial charge in [0, 0.05) is 16.4 Å². The third-order valence-electron chi connectivity index (χ3n) is 1.81. The number of aryl methyl sites for hydroxylation is 1. The normalized spacial score (nSPS) is 8.53. The van der Waals surface area contributed by atoms with Gasteiger partial charge in [0.2, 0.25) is 0 Å². The molecule has 3 nitrogen and oxygen atoms in total. The first-order valence-corrected chi connectivity index (χ1v) is 4.99. The molecular formula is C11H8BrN3. The van der Waals surface area contributed by atoms with E-state index in [1.54, 1.807) is 12.1 Å². The monoisotopic (exact) mass is 261 g/mol. The van der Waals surface area contributed by atoms with Crippen molar-refractivity contribution in [2.24, 2.45) is 0 Å². The number of benzene rings is 1. The number of hydrogen-bond donors (Lipinski definition) is 1. The summed E-state index contributed by atoms with van der Waals surface area (Å²) in [5, 5.41) is 20.0. The molecule has 1 N–H and O–H groups in total. The maximum atomic E-state index is 8.54. The summed E-state index contributed by atoms with van der Waals surface area (Å²) >= 11 is 3.35. The molecule has 0 aromatic heterocycles. The van der Waals surface area contributed by atoms with E-state index in [-0.39, 0.29) is 5.57 Å². The molecule has 0 bridgehead atoms. The van der Waals surface area contributed by atoms with Crippen molar-refractivity contribution >= 4 is 21.6 Å². The Morgan fingerprint density at radius 3 is 2.67 bits per heavy atom. The van der Waals surface area contributed by atoms with Crippen LogP contribution in [0.1, 0.15) is 5.56 Å². The highest BCUT2D eigenvalue weighted by Gasteiger charge is 1.97. The average molecular weight is 262 g/mol. The van der Waals surface area contributed by atoms with Gasteiger partial charge >= 0.3 is 0 Å². The van der Waals surface area contributed by atoms with Crippen LogP contribution in [0.5, 0.6) is 0 Å². The van der Waals surface area contributed by atoms with Crippen LogP contribution in [0.25, 0.3) is 0 Å². The Hall–Kier alpha value is -1.78. The largest absolute Gasteiger partial charge is 0.360 e. The van der Waals surface area contributed by atoms with Crippen molar-refractivity contribution in [3.05, 3.63) is 40.0 Å². The Morgan fingerprint density at radius 1 is 1.40 bits per heavy atom. The van der Waals surface area contributed by atoms with E-state index in [9.17, 15) is 0 Å². The first-order valence-electron chi connectivity index (χ1n) is 4.20.